The van der Waals surface area contributed by atoms with Crippen molar-refractivity contribution in [2.24, 2.45) is 0 Å². The van der Waals surface area contributed by atoms with Crippen molar-refractivity contribution < 1.29 is 17.6 Å². The molecule has 130 valence electrons. The van der Waals surface area contributed by atoms with Gasteiger partial charge in [0, 0.05) is 31.2 Å². The number of hydrogen-bond acceptors (Lipinski definition) is 6. The zero-order valence-corrected chi connectivity index (χ0v) is 14.0. The number of fused-ring (bicyclic) bond motifs is 2. The van der Waals surface area contributed by atoms with Crippen LogP contribution in [0, 0.1) is 0 Å². The number of oxazole rings is 1. The molecule has 2 saturated heterocycles. The fourth-order valence-corrected chi connectivity index (χ4v) is 4.76. The van der Waals surface area contributed by atoms with E-state index in [1.165, 1.54) is 18.2 Å². The Bertz CT molecular complexity index is 919. The average molecular weight is 353 g/mol. The molecule has 3 heterocycles. The molecule has 1 aromatic carbocycles. The first-order valence-electron chi connectivity index (χ1n) is 7.91. The Morgan fingerprint density at radius 3 is 3.00 bits per heavy atom. The largest absolute Gasteiger partial charge is 0.417 e. The van der Waals surface area contributed by atoms with Crippen LogP contribution in [0.1, 0.15) is 13.3 Å². The van der Waals surface area contributed by atoms with E-state index < -0.39 is 15.8 Å². The highest BCUT2D eigenvalue weighted by molar-refractivity contribution is 7.89. The molecule has 1 aromatic heterocycles. The number of morpholine rings is 1. The van der Waals surface area contributed by atoms with Crippen LogP contribution in [0.5, 0.6) is 0 Å². The minimum Gasteiger partial charge on any atom is -0.408 e. The Morgan fingerprint density at radius 2 is 2.17 bits per heavy atom. The Labute approximate surface area is 138 Å². The number of nitrogens with zero attached hydrogens (tertiary/aromatic N) is 1. The van der Waals surface area contributed by atoms with E-state index in [0.717, 1.165) is 13.0 Å². The second-order valence-corrected chi connectivity index (χ2v) is 8.19. The molecular weight excluding hydrogens is 334 g/mol. The first-order valence-corrected chi connectivity index (χ1v) is 9.40. The Balaban J connectivity index is 1.53. The predicted molar refractivity (Wildman–Crippen MR) is 86.3 cm³/mol. The number of sulfonamides is 1. The van der Waals surface area contributed by atoms with Gasteiger partial charge < -0.3 is 9.15 Å². The molecule has 0 amide bonds. The maximum atomic E-state index is 12.6. The summed E-state index contributed by atoms with van der Waals surface area (Å²) in [4.78, 5) is 16.0. The average Bonchev–Trinajstić information content (AvgIpc) is 3.06. The van der Waals surface area contributed by atoms with Crippen molar-refractivity contribution in [3.8, 4) is 0 Å². The molecule has 2 aliphatic rings. The van der Waals surface area contributed by atoms with E-state index in [1.807, 2.05) is 6.92 Å². The third-order valence-corrected chi connectivity index (χ3v) is 6.14. The van der Waals surface area contributed by atoms with E-state index in [9.17, 15) is 13.2 Å². The standard InChI is InChI=1S/C15H19N3O5S/c1-9-6-18-7-10(4-11(18)8-22-9)17-24(20,21)12-2-3-13-14(5-12)23-15(19)16-13/h2-3,5,9-11,17H,4,6-8H2,1H3,(H,16,19)/t9-,10+,11-/m0/s1. The van der Waals surface area contributed by atoms with Gasteiger partial charge in [-0.2, -0.15) is 0 Å². The van der Waals surface area contributed by atoms with Crippen molar-refractivity contribution in [2.45, 2.75) is 36.4 Å². The molecule has 2 aliphatic heterocycles. The van der Waals surface area contributed by atoms with Gasteiger partial charge in [-0.1, -0.05) is 0 Å². The number of ether oxygens (including phenoxy) is 1. The molecule has 2 N–H and O–H groups in total. The minimum absolute atomic E-state index is 0.0900. The molecular formula is C15H19N3O5S. The van der Waals surface area contributed by atoms with Gasteiger partial charge in [0.15, 0.2) is 5.58 Å². The third-order valence-electron chi connectivity index (χ3n) is 4.62. The lowest BCUT2D eigenvalue weighted by atomic mass is 10.2. The van der Waals surface area contributed by atoms with Crippen molar-refractivity contribution >= 4 is 21.1 Å². The van der Waals surface area contributed by atoms with E-state index in [4.69, 9.17) is 9.15 Å². The highest BCUT2D eigenvalue weighted by Crippen LogP contribution is 2.25. The van der Waals surface area contributed by atoms with Crippen molar-refractivity contribution in [1.82, 2.24) is 14.6 Å². The van der Waals surface area contributed by atoms with Crippen LogP contribution in [-0.4, -0.2) is 56.2 Å². The van der Waals surface area contributed by atoms with Crippen LogP contribution in [0.4, 0.5) is 0 Å². The fraction of sp³-hybridized carbons (Fsp3) is 0.533. The highest BCUT2D eigenvalue weighted by Gasteiger charge is 2.37. The quantitative estimate of drug-likeness (QED) is 0.820. The summed E-state index contributed by atoms with van der Waals surface area (Å²) in [5.41, 5.74) is 0.706. The van der Waals surface area contributed by atoms with Crippen molar-refractivity contribution in [3.05, 3.63) is 28.7 Å². The lowest BCUT2D eigenvalue weighted by Gasteiger charge is -2.33. The van der Waals surface area contributed by atoms with E-state index in [-0.39, 0.29) is 28.7 Å². The second-order valence-electron chi connectivity index (χ2n) is 6.48. The zero-order chi connectivity index (χ0) is 16.9. The molecule has 0 aliphatic carbocycles. The molecule has 4 rings (SSSR count). The van der Waals surface area contributed by atoms with Crippen LogP contribution in [0.2, 0.25) is 0 Å². The van der Waals surface area contributed by atoms with E-state index in [2.05, 4.69) is 14.6 Å². The van der Waals surface area contributed by atoms with Crippen LogP contribution < -0.4 is 10.5 Å². The molecule has 24 heavy (non-hydrogen) atoms. The molecule has 3 atom stereocenters. The van der Waals surface area contributed by atoms with Crippen LogP contribution in [0.15, 0.2) is 32.3 Å². The third kappa shape index (κ3) is 2.88. The summed E-state index contributed by atoms with van der Waals surface area (Å²) < 4.78 is 38.6. The smallest absolute Gasteiger partial charge is 0.408 e. The number of aromatic nitrogens is 1. The number of rotatable bonds is 3. The molecule has 2 aromatic rings. The number of H-pyrrole nitrogens is 1. The zero-order valence-electron chi connectivity index (χ0n) is 13.2. The fourth-order valence-electron chi connectivity index (χ4n) is 3.51. The summed E-state index contributed by atoms with van der Waals surface area (Å²) in [6, 6.07) is 4.47. The van der Waals surface area contributed by atoms with Crippen LogP contribution in [-0.2, 0) is 14.8 Å². The van der Waals surface area contributed by atoms with E-state index in [1.54, 1.807) is 0 Å². The van der Waals surface area contributed by atoms with Gasteiger partial charge in [-0.15, -0.1) is 0 Å². The van der Waals surface area contributed by atoms with Gasteiger partial charge >= 0.3 is 5.76 Å². The summed E-state index contributed by atoms with van der Waals surface area (Å²) in [6.07, 6.45) is 0.906. The van der Waals surface area contributed by atoms with Gasteiger partial charge in [0.1, 0.15) is 0 Å². The number of nitrogens with one attached hydrogen (secondary N) is 2. The van der Waals surface area contributed by atoms with Crippen LogP contribution in [0.25, 0.3) is 11.1 Å². The van der Waals surface area contributed by atoms with Gasteiger partial charge in [0.05, 0.1) is 23.1 Å². The summed E-state index contributed by atoms with van der Waals surface area (Å²) in [6.45, 7) is 4.16. The topological polar surface area (TPSA) is 105 Å². The maximum absolute atomic E-state index is 12.6. The van der Waals surface area contributed by atoms with Gasteiger partial charge in [0.2, 0.25) is 10.0 Å². The van der Waals surface area contributed by atoms with Gasteiger partial charge in [-0.25, -0.2) is 17.9 Å². The number of benzene rings is 1. The summed E-state index contributed by atoms with van der Waals surface area (Å²) in [5, 5.41) is 0. The highest BCUT2D eigenvalue weighted by atomic mass is 32.2. The van der Waals surface area contributed by atoms with E-state index in [0.29, 0.717) is 18.7 Å². The summed E-state index contributed by atoms with van der Waals surface area (Å²) in [5.74, 6) is -0.603. The Hall–Kier alpha value is -1.68. The van der Waals surface area contributed by atoms with Crippen molar-refractivity contribution in [1.29, 1.82) is 0 Å². The number of hydrogen-bond donors (Lipinski definition) is 2. The molecule has 0 spiro atoms. The SMILES string of the molecule is C[C@H]1CN2C[C@H](NS(=O)(=O)c3ccc4[nH]c(=O)oc4c3)C[C@H]2CO1. The molecule has 0 bridgehead atoms. The lowest BCUT2D eigenvalue weighted by molar-refractivity contribution is -0.0390. The molecule has 0 radical (unpaired) electrons. The normalized spacial score (nSPS) is 28.3. The first kappa shape index (κ1) is 15.8. The van der Waals surface area contributed by atoms with Crippen LogP contribution >= 0.6 is 0 Å². The van der Waals surface area contributed by atoms with Crippen molar-refractivity contribution in [2.75, 3.05) is 19.7 Å². The molecule has 8 nitrogen and oxygen atoms in total. The van der Waals surface area contributed by atoms with E-state index >= 15 is 0 Å². The Morgan fingerprint density at radius 1 is 1.33 bits per heavy atom. The predicted octanol–water partition coefficient (Wildman–Crippen LogP) is 0.261. The molecule has 2 fully saturated rings. The monoisotopic (exact) mass is 353 g/mol. The second kappa shape index (κ2) is 5.69. The molecule has 0 unspecified atom stereocenters. The Kier molecular flexibility index (Phi) is 3.75. The lowest BCUT2D eigenvalue weighted by Crippen LogP contribution is -2.45. The molecule has 0 saturated carbocycles. The van der Waals surface area contributed by atoms with Gasteiger partial charge in [-0.3, -0.25) is 9.88 Å². The van der Waals surface area contributed by atoms with Crippen molar-refractivity contribution in [3.63, 3.8) is 0 Å². The summed E-state index contributed by atoms with van der Waals surface area (Å²) >= 11 is 0. The van der Waals surface area contributed by atoms with Crippen LogP contribution in [0.3, 0.4) is 0 Å². The van der Waals surface area contributed by atoms with Gasteiger partial charge in [0.25, 0.3) is 0 Å². The first-order chi connectivity index (χ1) is 11.4. The van der Waals surface area contributed by atoms with Gasteiger partial charge in [-0.05, 0) is 25.5 Å². The summed E-state index contributed by atoms with van der Waals surface area (Å²) in [7, 11) is -3.68. The minimum atomic E-state index is -3.68. The molecule has 9 heteroatoms. The number of aromatic amines is 1. The maximum Gasteiger partial charge on any atom is 0.417 e.